The van der Waals surface area contributed by atoms with Crippen molar-refractivity contribution in [2.24, 2.45) is 0 Å². The summed E-state index contributed by atoms with van der Waals surface area (Å²) in [4.78, 5) is 0. The maximum absolute atomic E-state index is 5.48. The molecule has 0 radical (unpaired) electrons. The second-order valence-corrected chi connectivity index (χ2v) is 3.70. The van der Waals surface area contributed by atoms with Gasteiger partial charge in [0.15, 0.2) is 0 Å². The van der Waals surface area contributed by atoms with Crippen LogP contribution in [0.4, 0.5) is 0 Å². The molecule has 0 spiro atoms. The predicted octanol–water partition coefficient (Wildman–Crippen LogP) is 3.91. The van der Waals surface area contributed by atoms with Crippen LogP contribution in [0.5, 0.6) is 0 Å². The summed E-state index contributed by atoms with van der Waals surface area (Å²) in [7, 11) is 0. The Morgan fingerprint density at radius 3 is 2.47 bits per heavy atom. The first-order valence-corrected chi connectivity index (χ1v) is 6.26. The largest absolute Gasteiger partial charge is 0.502 e. The molecule has 2 heteroatoms. The molecule has 0 aromatic heterocycles. The van der Waals surface area contributed by atoms with Crippen LogP contribution in [0.3, 0.4) is 0 Å². The van der Waals surface area contributed by atoms with E-state index in [-0.39, 0.29) is 0 Å². The Balaban J connectivity index is 2.95. The van der Waals surface area contributed by atoms with Crippen molar-refractivity contribution in [1.82, 2.24) is 0 Å². The van der Waals surface area contributed by atoms with E-state index in [0.717, 1.165) is 32.7 Å². The van der Waals surface area contributed by atoms with Crippen molar-refractivity contribution in [2.75, 3.05) is 19.8 Å². The zero-order valence-electron chi connectivity index (χ0n) is 10.3. The van der Waals surface area contributed by atoms with Crippen LogP contribution in [0.1, 0.15) is 52.4 Å². The first-order valence-electron chi connectivity index (χ1n) is 6.26. The molecule has 0 aliphatic rings. The summed E-state index contributed by atoms with van der Waals surface area (Å²) in [6.45, 7) is 6.87. The van der Waals surface area contributed by atoms with Crippen molar-refractivity contribution >= 4 is 0 Å². The van der Waals surface area contributed by atoms with Crippen molar-refractivity contribution in [3.63, 3.8) is 0 Å². The van der Waals surface area contributed by atoms with E-state index in [2.05, 4.69) is 13.8 Å². The molecule has 0 N–H and O–H groups in total. The second kappa shape index (κ2) is 13.5. The standard InChI is InChI=1S/C13H26O2/c1-3-5-6-7-11-15-13-9-8-12-14-10-4-2/h8,12H,3-7,9-11,13H2,1-2H3. The van der Waals surface area contributed by atoms with Crippen LogP contribution >= 0.6 is 0 Å². The molecule has 0 saturated heterocycles. The van der Waals surface area contributed by atoms with Crippen LogP contribution < -0.4 is 0 Å². The molecular weight excluding hydrogens is 188 g/mol. The Morgan fingerprint density at radius 1 is 0.867 bits per heavy atom. The quantitative estimate of drug-likeness (QED) is 0.383. The lowest BCUT2D eigenvalue weighted by molar-refractivity contribution is 0.133. The topological polar surface area (TPSA) is 18.5 Å². The second-order valence-electron chi connectivity index (χ2n) is 3.70. The number of hydrogen-bond acceptors (Lipinski definition) is 2. The van der Waals surface area contributed by atoms with Crippen LogP contribution in [0.25, 0.3) is 0 Å². The molecule has 0 bridgehead atoms. The van der Waals surface area contributed by atoms with Gasteiger partial charge in [0.2, 0.25) is 0 Å². The van der Waals surface area contributed by atoms with Crippen molar-refractivity contribution in [2.45, 2.75) is 52.4 Å². The SMILES string of the molecule is CCCCCCOCCC=COCCC. The van der Waals surface area contributed by atoms with Gasteiger partial charge in [-0.25, -0.2) is 0 Å². The lowest BCUT2D eigenvalue weighted by Crippen LogP contribution is -1.95. The minimum Gasteiger partial charge on any atom is -0.502 e. The van der Waals surface area contributed by atoms with Crippen LogP contribution in [0.2, 0.25) is 0 Å². The molecule has 15 heavy (non-hydrogen) atoms. The van der Waals surface area contributed by atoms with E-state index < -0.39 is 0 Å². The molecule has 0 amide bonds. The van der Waals surface area contributed by atoms with Crippen molar-refractivity contribution < 1.29 is 9.47 Å². The summed E-state index contributed by atoms with van der Waals surface area (Å²) in [5.74, 6) is 0. The van der Waals surface area contributed by atoms with Gasteiger partial charge in [-0.15, -0.1) is 0 Å². The molecule has 0 rings (SSSR count). The third-order valence-corrected chi connectivity index (χ3v) is 2.09. The van der Waals surface area contributed by atoms with Crippen LogP contribution in [-0.4, -0.2) is 19.8 Å². The normalized spacial score (nSPS) is 11.1. The highest BCUT2D eigenvalue weighted by Crippen LogP contribution is 1.99. The molecule has 0 aliphatic heterocycles. The number of unbranched alkanes of at least 4 members (excludes halogenated alkanes) is 3. The maximum Gasteiger partial charge on any atom is 0.0870 e. The number of hydrogen-bond donors (Lipinski definition) is 0. The third-order valence-electron chi connectivity index (χ3n) is 2.09. The zero-order chi connectivity index (χ0) is 11.2. The van der Waals surface area contributed by atoms with E-state index in [0.29, 0.717) is 0 Å². The van der Waals surface area contributed by atoms with E-state index in [9.17, 15) is 0 Å². The minimum absolute atomic E-state index is 0.814. The van der Waals surface area contributed by atoms with Gasteiger partial charge in [-0.3, -0.25) is 0 Å². The summed E-state index contributed by atoms with van der Waals surface area (Å²) >= 11 is 0. The predicted molar refractivity (Wildman–Crippen MR) is 65.0 cm³/mol. The average molecular weight is 214 g/mol. The molecule has 0 aromatic carbocycles. The molecule has 2 nitrogen and oxygen atoms in total. The highest BCUT2D eigenvalue weighted by atomic mass is 16.5. The van der Waals surface area contributed by atoms with E-state index >= 15 is 0 Å². The van der Waals surface area contributed by atoms with E-state index in [1.807, 2.05) is 6.08 Å². The van der Waals surface area contributed by atoms with Crippen LogP contribution in [-0.2, 0) is 9.47 Å². The molecule has 0 heterocycles. The smallest absolute Gasteiger partial charge is 0.0870 e. The van der Waals surface area contributed by atoms with E-state index in [4.69, 9.17) is 9.47 Å². The fourth-order valence-corrected chi connectivity index (χ4v) is 1.21. The van der Waals surface area contributed by atoms with Gasteiger partial charge >= 0.3 is 0 Å². The highest BCUT2D eigenvalue weighted by Gasteiger charge is 1.88. The maximum atomic E-state index is 5.48. The number of rotatable bonds is 11. The van der Waals surface area contributed by atoms with Gasteiger partial charge < -0.3 is 9.47 Å². The van der Waals surface area contributed by atoms with Gasteiger partial charge in [0.1, 0.15) is 0 Å². The molecular formula is C13H26O2. The fourth-order valence-electron chi connectivity index (χ4n) is 1.21. The molecule has 0 fully saturated rings. The zero-order valence-corrected chi connectivity index (χ0v) is 10.3. The third kappa shape index (κ3) is 13.5. The molecule has 0 saturated carbocycles. The fraction of sp³-hybridized carbons (Fsp3) is 0.846. The first kappa shape index (κ1) is 14.5. The van der Waals surface area contributed by atoms with Gasteiger partial charge in [0, 0.05) is 6.61 Å². The van der Waals surface area contributed by atoms with E-state index in [1.54, 1.807) is 6.26 Å². The lowest BCUT2D eigenvalue weighted by Gasteiger charge is -2.01. The van der Waals surface area contributed by atoms with Crippen LogP contribution in [0, 0.1) is 0 Å². The van der Waals surface area contributed by atoms with Gasteiger partial charge in [-0.05, 0) is 25.3 Å². The average Bonchev–Trinajstić information content (AvgIpc) is 2.26. The Morgan fingerprint density at radius 2 is 1.73 bits per heavy atom. The molecule has 0 atom stereocenters. The van der Waals surface area contributed by atoms with Crippen molar-refractivity contribution in [3.05, 3.63) is 12.3 Å². The lowest BCUT2D eigenvalue weighted by atomic mass is 10.2. The van der Waals surface area contributed by atoms with E-state index in [1.165, 1.54) is 25.7 Å². The van der Waals surface area contributed by atoms with Crippen molar-refractivity contribution in [1.29, 1.82) is 0 Å². The molecule has 0 aliphatic carbocycles. The Labute approximate surface area is 94.7 Å². The number of ether oxygens (including phenoxy) is 2. The summed E-state index contributed by atoms with van der Waals surface area (Å²) in [6.07, 6.45) is 10.9. The summed E-state index contributed by atoms with van der Waals surface area (Å²) in [6, 6.07) is 0. The Kier molecular flexibility index (Phi) is 13.1. The summed E-state index contributed by atoms with van der Waals surface area (Å²) in [5.41, 5.74) is 0. The highest BCUT2D eigenvalue weighted by molar-refractivity contribution is 4.72. The molecule has 0 unspecified atom stereocenters. The molecule has 0 aromatic rings. The van der Waals surface area contributed by atoms with Gasteiger partial charge in [0.05, 0.1) is 19.5 Å². The first-order chi connectivity index (χ1) is 7.41. The Hall–Kier alpha value is -0.500. The van der Waals surface area contributed by atoms with Gasteiger partial charge in [0.25, 0.3) is 0 Å². The van der Waals surface area contributed by atoms with Gasteiger partial charge in [-0.2, -0.15) is 0 Å². The Bertz CT molecular complexity index is 132. The monoisotopic (exact) mass is 214 g/mol. The van der Waals surface area contributed by atoms with Crippen molar-refractivity contribution in [3.8, 4) is 0 Å². The summed E-state index contributed by atoms with van der Waals surface area (Å²) in [5, 5.41) is 0. The van der Waals surface area contributed by atoms with Crippen LogP contribution in [0.15, 0.2) is 12.3 Å². The minimum atomic E-state index is 0.814. The summed E-state index contributed by atoms with van der Waals surface area (Å²) < 4.78 is 10.7. The molecule has 90 valence electrons. The van der Waals surface area contributed by atoms with Gasteiger partial charge in [-0.1, -0.05) is 33.1 Å².